The van der Waals surface area contributed by atoms with Crippen LogP contribution in [-0.2, 0) is 9.59 Å². The maximum Gasteiger partial charge on any atom is 0.301 e. The average Bonchev–Trinajstić information content (AvgIpc) is 3.35. The summed E-state index contributed by atoms with van der Waals surface area (Å²) in [5.41, 5.74) is -0.0387. The first kappa shape index (κ1) is 18.5. The zero-order chi connectivity index (χ0) is 20.5. The van der Waals surface area contributed by atoms with Crippen molar-refractivity contribution in [3.05, 3.63) is 93.0 Å². The lowest BCUT2D eigenvalue weighted by Gasteiger charge is -2.22. The van der Waals surface area contributed by atoms with E-state index in [9.17, 15) is 24.8 Å². The predicted octanol–water partition coefficient (Wildman–Crippen LogP) is 3.68. The fourth-order valence-corrected chi connectivity index (χ4v) is 3.96. The van der Waals surface area contributed by atoms with Gasteiger partial charge in [0, 0.05) is 23.2 Å². The van der Waals surface area contributed by atoms with Gasteiger partial charge in [-0.05, 0) is 6.07 Å². The minimum absolute atomic E-state index is 0.115. The highest BCUT2D eigenvalue weighted by Crippen LogP contribution is 2.45. The second-order valence-corrected chi connectivity index (χ2v) is 7.04. The standard InChI is InChI=1S/C20H13N3O5S/c24-17(12-6-2-1-3-7-12)15-16(13-8-4-5-9-14(13)23(27)28)22(19(26)18(15)25)20-21-10-11-29-20/h1-11,16,24H/b17-15+/t16-/m1/s1. The van der Waals surface area contributed by atoms with Gasteiger partial charge in [0.15, 0.2) is 5.13 Å². The number of hydrogen-bond acceptors (Lipinski definition) is 7. The molecule has 1 aliphatic rings. The maximum absolute atomic E-state index is 12.9. The summed E-state index contributed by atoms with van der Waals surface area (Å²) >= 11 is 1.12. The maximum atomic E-state index is 12.9. The van der Waals surface area contributed by atoms with Gasteiger partial charge in [-0.1, -0.05) is 42.5 Å². The number of thiazole rings is 1. The van der Waals surface area contributed by atoms with Gasteiger partial charge in [0.1, 0.15) is 11.8 Å². The van der Waals surface area contributed by atoms with Gasteiger partial charge in [0.05, 0.1) is 16.1 Å². The number of carbonyl (C=O) groups excluding carboxylic acids is 2. The highest BCUT2D eigenvalue weighted by Gasteiger charge is 2.49. The monoisotopic (exact) mass is 407 g/mol. The van der Waals surface area contributed by atoms with Crippen molar-refractivity contribution in [1.82, 2.24) is 4.98 Å². The van der Waals surface area contributed by atoms with Gasteiger partial charge in [0.25, 0.3) is 11.5 Å². The van der Waals surface area contributed by atoms with Crippen molar-refractivity contribution in [2.24, 2.45) is 0 Å². The molecular weight excluding hydrogens is 394 g/mol. The Balaban J connectivity index is 2.01. The highest BCUT2D eigenvalue weighted by atomic mass is 32.1. The molecule has 0 spiro atoms. The summed E-state index contributed by atoms with van der Waals surface area (Å²) in [6.07, 6.45) is 1.47. The molecule has 1 atom stereocenters. The van der Waals surface area contributed by atoms with Crippen molar-refractivity contribution in [3.63, 3.8) is 0 Å². The number of nitrogens with zero attached hydrogens (tertiary/aromatic N) is 3. The summed E-state index contributed by atoms with van der Waals surface area (Å²) < 4.78 is 0. The number of aromatic nitrogens is 1. The molecule has 1 amide bonds. The minimum atomic E-state index is -1.18. The first-order valence-corrected chi connectivity index (χ1v) is 9.38. The molecule has 1 N–H and O–H groups in total. The molecule has 2 heterocycles. The van der Waals surface area contributed by atoms with E-state index in [1.54, 1.807) is 41.8 Å². The summed E-state index contributed by atoms with van der Waals surface area (Å²) in [4.78, 5) is 42.0. The number of nitro benzene ring substituents is 1. The van der Waals surface area contributed by atoms with Gasteiger partial charge >= 0.3 is 5.91 Å². The van der Waals surface area contributed by atoms with E-state index in [0.717, 1.165) is 16.2 Å². The molecule has 2 aromatic carbocycles. The first-order chi connectivity index (χ1) is 14.0. The van der Waals surface area contributed by atoms with Gasteiger partial charge in [-0.2, -0.15) is 0 Å². The van der Waals surface area contributed by atoms with Crippen molar-refractivity contribution in [2.75, 3.05) is 4.90 Å². The molecule has 0 saturated carbocycles. The van der Waals surface area contributed by atoms with Crippen LogP contribution in [0.3, 0.4) is 0 Å². The Morgan fingerprint density at radius 2 is 1.79 bits per heavy atom. The van der Waals surface area contributed by atoms with Crippen LogP contribution in [0.5, 0.6) is 0 Å². The smallest absolute Gasteiger partial charge is 0.301 e. The lowest BCUT2D eigenvalue weighted by Crippen LogP contribution is -2.29. The number of benzene rings is 2. The number of para-hydroxylation sites is 1. The van der Waals surface area contributed by atoms with E-state index in [1.807, 2.05) is 0 Å². The number of Topliss-reactive ketones (excluding diaryl/α,β-unsaturated/α-hetero) is 1. The molecule has 0 radical (unpaired) electrons. The lowest BCUT2D eigenvalue weighted by atomic mass is 9.94. The number of ketones is 1. The summed E-state index contributed by atoms with van der Waals surface area (Å²) in [6, 6.07) is 12.9. The Morgan fingerprint density at radius 1 is 1.10 bits per heavy atom. The number of carbonyl (C=O) groups is 2. The molecule has 0 unspecified atom stereocenters. The zero-order valence-corrected chi connectivity index (χ0v) is 15.6. The van der Waals surface area contributed by atoms with Crippen LogP contribution in [0.15, 0.2) is 71.7 Å². The number of hydrogen-bond donors (Lipinski definition) is 1. The summed E-state index contributed by atoms with van der Waals surface area (Å²) in [5, 5.41) is 24.3. The molecule has 0 bridgehead atoms. The van der Waals surface area contributed by atoms with Crippen molar-refractivity contribution in [3.8, 4) is 0 Å². The number of rotatable bonds is 4. The van der Waals surface area contributed by atoms with E-state index < -0.39 is 28.4 Å². The van der Waals surface area contributed by atoms with Crippen molar-refractivity contribution >= 4 is 39.6 Å². The quantitative estimate of drug-likeness (QED) is 0.232. The van der Waals surface area contributed by atoms with Crippen LogP contribution in [0.25, 0.3) is 5.76 Å². The third-order valence-corrected chi connectivity index (χ3v) is 5.32. The summed E-state index contributed by atoms with van der Waals surface area (Å²) in [6.45, 7) is 0. The van der Waals surface area contributed by atoms with E-state index in [1.165, 1.54) is 24.4 Å². The zero-order valence-electron chi connectivity index (χ0n) is 14.8. The van der Waals surface area contributed by atoms with Crippen molar-refractivity contribution in [1.29, 1.82) is 0 Å². The van der Waals surface area contributed by atoms with Gasteiger partial charge in [-0.15, -0.1) is 11.3 Å². The number of nitro groups is 1. The average molecular weight is 407 g/mol. The third kappa shape index (κ3) is 3.07. The Labute approximate surface area is 168 Å². The molecule has 1 aliphatic heterocycles. The SMILES string of the molecule is O=C1C(=O)N(c2nccs2)[C@H](c2ccccc2[N+](=O)[O-])/C1=C(\O)c1ccccc1. The normalized spacial score (nSPS) is 18.2. The first-order valence-electron chi connectivity index (χ1n) is 8.50. The summed E-state index contributed by atoms with van der Waals surface area (Å²) in [7, 11) is 0. The van der Waals surface area contributed by atoms with Crippen LogP contribution in [0.4, 0.5) is 10.8 Å². The molecule has 1 aromatic heterocycles. The van der Waals surface area contributed by atoms with Crippen LogP contribution >= 0.6 is 11.3 Å². The van der Waals surface area contributed by atoms with Crippen LogP contribution in [0.1, 0.15) is 17.2 Å². The van der Waals surface area contributed by atoms with E-state index in [-0.39, 0.29) is 22.0 Å². The molecule has 9 heteroatoms. The molecular formula is C20H13N3O5S. The molecule has 3 aromatic rings. The largest absolute Gasteiger partial charge is 0.507 e. The number of aliphatic hydroxyl groups excluding tert-OH is 1. The van der Waals surface area contributed by atoms with Crippen LogP contribution in [0.2, 0.25) is 0 Å². The summed E-state index contributed by atoms with van der Waals surface area (Å²) in [5.74, 6) is -2.23. The molecule has 29 heavy (non-hydrogen) atoms. The molecule has 0 aliphatic carbocycles. The fraction of sp³-hybridized carbons (Fsp3) is 0.0500. The van der Waals surface area contributed by atoms with Crippen molar-refractivity contribution < 1.29 is 19.6 Å². The van der Waals surface area contributed by atoms with Crippen LogP contribution in [0, 0.1) is 10.1 Å². The molecule has 144 valence electrons. The van der Waals surface area contributed by atoms with Gasteiger partial charge in [-0.3, -0.25) is 24.6 Å². The van der Waals surface area contributed by atoms with Crippen molar-refractivity contribution in [2.45, 2.75) is 6.04 Å². The van der Waals surface area contributed by atoms with E-state index >= 15 is 0 Å². The molecule has 4 rings (SSSR count). The second-order valence-electron chi connectivity index (χ2n) is 6.17. The van der Waals surface area contributed by atoms with Crippen LogP contribution in [-0.4, -0.2) is 26.7 Å². The van der Waals surface area contributed by atoms with Gasteiger partial charge in [-0.25, -0.2) is 4.98 Å². The second kappa shape index (κ2) is 7.28. The highest BCUT2D eigenvalue weighted by molar-refractivity contribution is 7.14. The lowest BCUT2D eigenvalue weighted by molar-refractivity contribution is -0.385. The minimum Gasteiger partial charge on any atom is -0.507 e. The fourth-order valence-electron chi connectivity index (χ4n) is 3.30. The Hall–Kier alpha value is -3.85. The van der Waals surface area contributed by atoms with E-state index in [2.05, 4.69) is 4.98 Å². The number of anilines is 1. The predicted molar refractivity (Wildman–Crippen MR) is 106 cm³/mol. The van der Waals surface area contributed by atoms with E-state index in [0.29, 0.717) is 5.56 Å². The molecule has 1 fully saturated rings. The Bertz CT molecular complexity index is 1140. The number of aliphatic hydroxyl groups is 1. The molecule has 1 saturated heterocycles. The van der Waals surface area contributed by atoms with Gasteiger partial charge < -0.3 is 5.11 Å². The number of amides is 1. The van der Waals surface area contributed by atoms with E-state index in [4.69, 9.17) is 0 Å². The third-order valence-electron chi connectivity index (χ3n) is 4.55. The Morgan fingerprint density at radius 3 is 2.45 bits per heavy atom. The van der Waals surface area contributed by atoms with Gasteiger partial charge in [0.2, 0.25) is 0 Å². The topological polar surface area (TPSA) is 114 Å². The molecule has 8 nitrogen and oxygen atoms in total. The van der Waals surface area contributed by atoms with Crippen LogP contribution < -0.4 is 4.90 Å². The Kier molecular flexibility index (Phi) is 4.65.